The molecule has 2 aromatic carbocycles. The van der Waals surface area contributed by atoms with Crippen LogP contribution in [-0.2, 0) is 34.4 Å². The van der Waals surface area contributed by atoms with Crippen molar-refractivity contribution in [3.63, 3.8) is 0 Å². The Morgan fingerprint density at radius 3 is 1.26 bits per heavy atom. The molecule has 2 aliphatic rings. The third-order valence-electron chi connectivity index (χ3n) is 6.46. The lowest BCUT2D eigenvalue weighted by atomic mass is 10.0. The summed E-state index contributed by atoms with van der Waals surface area (Å²) in [5.74, 6) is -8.28. The van der Waals surface area contributed by atoms with Gasteiger partial charge in [0.15, 0.2) is 21.6 Å². The lowest BCUT2D eigenvalue weighted by Crippen LogP contribution is -2.10. The van der Waals surface area contributed by atoms with E-state index in [2.05, 4.69) is 20.2 Å². The number of aryl methyl sites for hydroxylation is 2. The molecule has 6 rings (SSSR count). The van der Waals surface area contributed by atoms with Crippen LogP contribution in [0.5, 0.6) is 0 Å². The first kappa shape index (κ1) is 29.9. The van der Waals surface area contributed by atoms with E-state index in [0.717, 1.165) is 36.4 Å². The molecular formula is C24H18F8N6O2S2. The van der Waals surface area contributed by atoms with Crippen LogP contribution in [0.1, 0.15) is 47.7 Å². The summed E-state index contributed by atoms with van der Waals surface area (Å²) in [4.78, 5) is 7.63. The summed E-state index contributed by atoms with van der Waals surface area (Å²) in [7, 11) is -5.19. The molecule has 0 bridgehead atoms. The zero-order valence-corrected chi connectivity index (χ0v) is 22.6. The van der Waals surface area contributed by atoms with Gasteiger partial charge < -0.3 is 0 Å². The molecule has 2 aliphatic heterocycles. The van der Waals surface area contributed by atoms with E-state index in [9.17, 15) is 43.5 Å². The van der Waals surface area contributed by atoms with E-state index in [-0.39, 0.29) is 0 Å². The largest absolute Gasteiger partial charge is 0.319 e. The Kier molecular flexibility index (Phi) is 8.54. The fraction of sp³-hybridized carbons (Fsp3) is 0.333. The first-order chi connectivity index (χ1) is 19.9. The standard InChI is InChI=1S/2C12H9F4N3OS/c2*13-7-3-6(4-8(14)5-7)9-1-2-10-17-12(18-19(9)10)21(20)11(15)16/h2*3-5,9,11H,1-2H2/t9-,21+;9-,21-/m00/s1. The number of benzene rings is 2. The number of aromatic nitrogens is 6. The molecule has 0 N–H and O–H groups in total. The number of nitrogens with zero attached hydrogens (tertiary/aromatic N) is 6. The van der Waals surface area contributed by atoms with Crippen LogP contribution in [0.3, 0.4) is 0 Å². The summed E-state index contributed by atoms with van der Waals surface area (Å²) >= 11 is 0. The maximum absolute atomic E-state index is 13.3. The highest BCUT2D eigenvalue weighted by Crippen LogP contribution is 2.33. The number of hydrogen-bond donors (Lipinski definition) is 0. The molecule has 8 nitrogen and oxygen atoms in total. The van der Waals surface area contributed by atoms with Gasteiger partial charge in [-0.25, -0.2) is 45.3 Å². The quantitative estimate of drug-likeness (QED) is 0.281. The Morgan fingerprint density at radius 1 is 0.619 bits per heavy atom. The molecule has 4 heterocycles. The van der Waals surface area contributed by atoms with E-state index in [0.29, 0.717) is 48.5 Å². The molecule has 0 unspecified atom stereocenters. The predicted molar refractivity (Wildman–Crippen MR) is 131 cm³/mol. The second kappa shape index (κ2) is 12.0. The minimum absolute atomic E-state index is 0.338. The fourth-order valence-electron chi connectivity index (χ4n) is 4.76. The van der Waals surface area contributed by atoms with Gasteiger partial charge in [0.1, 0.15) is 34.9 Å². The fourth-order valence-corrected chi connectivity index (χ4v) is 5.81. The van der Waals surface area contributed by atoms with Crippen LogP contribution in [0.15, 0.2) is 46.7 Å². The predicted octanol–water partition coefficient (Wildman–Crippen LogP) is 4.84. The lowest BCUT2D eigenvalue weighted by molar-refractivity contribution is 0.242. The molecule has 42 heavy (non-hydrogen) atoms. The van der Waals surface area contributed by atoms with E-state index in [4.69, 9.17) is 0 Å². The van der Waals surface area contributed by atoms with Crippen molar-refractivity contribution in [1.29, 1.82) is 0 Å². The molecule has 224 valence electrons. The zero-order chi connectivity index (χ0) is 30.3. The van der Waals surface area contributed by atoms with Crippen molar-refractivity contribution >= 4 is 21.6 Å². The SMILES string of the molecule is O=[S@@](c1nc2n(n1)[C@H](c1cc(F)cc(F)c1)CC2)C(F)F.O=[S@](c1nc2n(n1)[C@H](c1cc(F)cc(F)c1)CC2)C(F)F. The number of rotatable bonds is 6. The summed E-state index contributed by atoms with van der Waals surface area (Å²) in [6, 6.07) is 5.14. The van der Waals surface area contributed by atoms with Gasteiger partial charge in [-0.05, 0) is 48.2 Å². The van der Waals surface area contributed by atoms with E-state index < -0.39 is 78.8 Å². The lowest BCUT2D eigenvalue weighted by Gasteiger charge is -2.12. The van der Waals surface area contributed by atoms with Crippen LogP contribution in [0.4, 0.5) is 35.1 Å². The van der Waals surface area contributed by atoms with Crippen molar-refractivity contribution in [2.75, 3.05) is 0 Å². The zero-order valence-electron chi connectivity index (χ0n) is 20.9. The Bertz CT molecular complexity index is 1520. The van der Waals surface area contributed by atoms with Crippen LogP contribution in [0, 0.1) is 23.3 Å². The Hall–Kier alpha value is -3.54. The van der Waals surface area contributed by atoms with Crippen molar-refractivity contribution < 1.29 is 43.5 Å². The highest BCUT2D eigenvalue weighted by molar-refractivity contribution is 7.85. The van der Waals surface area contributed by atoms with E-state index in [1.807, 2.05) is 0 Å². The minimum Gasteiger partial charge on any atom is -0.245 e. The summed E-state index contributed by atoms with van der Waals surface area (Å²) < 4.78 is 128. The van der Waals surface area contributed by atoms with Crippen molar-refractivity contribution in [2.24, 2.45) is 0 Å². The molecule has 0 spiro atoms. The van der Waals surface area contributed by atoms with E-state index >= 15 is 0 Å². The minimum atomic E-state index is -3.07. The normalized spacial score (nSPS) is 19.0. The third kappa shape index (κ3) is 6.13. The molecule has 4 aromatic rings. The maximum Gasteiger partial charge on any atom is 0.319 e. The molecule has 0 saturated carbocycles. The Balaban J connectivity index is 0.000000168. The summed E-state index contributed by atoms with van der Waals surface area (Å²) in [6.07, 6.45) is 1.83. The molecule has 0 aliphatic carbocycles. The second-order valence-electron chi connectivity index (χ2n) is 9.14. The van der Waals surface area contributed by atoms with Gasteiger partial charge in [-0.15, -0.1) is 10.2 Å². The topological polar surface area (TPSA) is 95.6 Å². The van der Waals surface area contributed by atoms with Crippen molar-refractivity contribution in [2.45, 2.75) is 59.6 Å². The molecule has 18 heteroatoms. The van der Waals surface area contributed by atoms with Crippen LogP contribution < -0.4 is 0 Å². The van der Waals surface area contributed by atoms with Crippen molar-refractivity contribution in [3.05, 3.63) is 82.4 Å². The smallest absolute Gasteiger partial charge is 0.245 e. The first-order valence-corrected chi connectivity index (χ1v) is 14.5. The summed E-state index contributed by atoms with van der Waals surface area (Å²) in [6.45, 7) is 0. The van der Waals surface area contributed by atoms with Crippen LogP contribution in [0.2, 0.25) is 0 Å². The Labute approximate surface area is 236 Å². The van der Waals surface area contributed by atoms with E-state index in [1.165, 1.54) is 9.36 Å². The molecule has 2 aromatic heterocycles. The van der Waals surface area contributed by atoms with Gasteiger partial charge in [-0.3, -0.25) is 0 Å². The van der Waals surface area contributed by atoms with Gasteiger partial charge in [0.05, 0.1) is 12.1 Å². The van der Waals surface area contributed by atoms with Crippen molar-refractivity contribution in [3.8, 4) is 0 Å². The van der Waals surface area contributed by atoms with Crippen LogP contribution >= 0.6 is 0 Å². The highest BCUT2D eigenvalue weighted by Gasteiger charge is 2.32. The van der Waals surface area contributed by atoms with Gasteiger partial charge >= 0.3 is 11.5 Å². The molecular weight excluding hydrogens is 620 g/mol. The van der Waals surface area contributed by atoms with Gasteiger partial charge in [0, 0.05) is 25.0 Å². The van der Waals surface area contributed by atoms with Crippen LogP contribution in [0.25, 0.3) is 0 Å². The van der Waals surface area contributed by atoms with Crippen LogP contribution in [-0.4, -0.2) is 49.5 Å². The summed E-state index contributed by atoms with van der Waals surface area (Å²) in [5.41, 5.74) is 0.677. The average Bonchev–Trinajstić information content (AvgIpc) is 3.67. The van der Waals surface area contributed by atoms with Gasteiger partial charge in [-0.1, -0.05) is 0 Å². The van der Waals surface area contributed by atoms with Gasteiger partial charge in [0.25, 0.3) is 0 Å². The van der Waals surface area contributed by atoms with E-state index in [1.54, 1.807) is 0 Å². The molecule has 0 radical (unpaired) electrons. The van der Waals surface area contributed by atoms with Crippen molar-refractivity contribution in [1.82, 2.24) is 29.5 Å². The third-order valence-corrected chi connectivity index (χ3v) is 8.17. The average molecular weight is 639 g/mol. The molecule has 0 saturated heterocycles. The number of alkyl halides is 4. The first-order valence-electron chi connectivity index (χ1n) is 12.1. The number of halogens is 8. The van der Waals surface area contributed by atoms with Gasteiger partial charge in [0.2, 0.25) is 10.3 Å². The highest BCUT2D eigenvalue weighted by atomic mass is 32.2. The maximum atomic E-state index is 13.3. The number of hydrogen-bond acceptors (Lipinski definition) is 6. The summed E-state index contributed by atoms with van der Waals surface area (Å²) in [5, 5.41) is 6.71. The molecule has 0 fully saturated rings. The monoisotopic (exact) mass is 638 g/mol. The molecule has 4 atom stereocenters. The Morgan fingerprint density at radius 2 is 0.952 bits per heavy atom. The second-order valence-corrected chi connectivity index (χ2v) is 11.8. The molecule has 0 amide bonds. The number of fused-ring (bicyclic) bond motifs is 2. The van der Waals surface area contributed by atoms with Gasteiger partial charge in [-0.2, -0.15) is 17.6 Å².